The van der Waals surface area contributed by atoms with Gasteiger partial charge in [-0.1, -0.05) is 0 Å². The molecule has 4 N–H and O–H groups in total. The van der Waals surface area contributed by atoms with Gasteiger partial charge >= 0.3 is 0 Å². The van der Waals surface area contributed by atoms with Crippen molar-refractivity contribution in [3.8, 4) is 0 Å². The molecule has 8 heteroatoms. The molecule has 0 spiro atoms. The van der Waals surface area contributed by atoms with Crippen LogP contribution in [0.25, 0.3) is 0 Å². The number of sulfonamides is 1. The summed E-state index contributed by atoms with van der Waals surface area (Å²) >= 11 is 0.950. The molecule has 0 bridgehead atoms. The number of nitrogens with two attached hydrogens (primary N) is 2. The zero-order chi connectivity index (χ0) is 10.8. The third-order valence-corrected chi connectivity index (χ3v) is 3.86. The fraction of sp³-hybridized carbons (Fsp3) is 0.333. The average molecular weight is 235 g/mol. The molecular weight excluding hydrogens is 226 g/mol. The van der Waals surface area contributed by atoms with E-state index in [1.165, 1.54) is 6.20 Å². The van der Waals surface area contributed by atoms with E-state index in [9.17, 15) is 13.2 Å². The van der Waals surface area contributed by atoms with E-state index >= 15 is 0 Å². The largest absolute Gasteiger partial charge is 0.370 e. The fourth-order valence-corrected chi connectivity index (χ4v) is 2.37. The summed E-state index contributed by atoms with van der Waals surface area (Å²) in [6, 6.07) is 0. The standard InChI is InChI=1S/C6H9N3O3S2/c7-4(10)1-2-5-9-3-6(13-5)14(8,11)12/h3H,1-2H2,(H2,7,10)(H2,8,11,12). The zero-order valence-corrected chi connectivity index (χ0v) is 8.77. The molecule has 0 saturated carbocycles. The van der Waals surface area contributed by atoms with Crippen molar-refractivity contribution in [3.05, 3.63) is 11.2 Å². The maximum absolute atomic E-state index is 10.8. The first-order valence-electron chi connectivity index (χ1n) is 3.65. The molecule has 0 aromatic carbocycles. The number of nitrogens with zero attached hydrogens (tertiary/aromatic N) is 1. The van der Waals surface area contributed by atoms with Gasteiger partial charge in [-0.15, -0.1) is 11.3 Å². The quantitative estimate of drug-likeness (QED) is 0.711. The second-order valence-electron chi connectivity index (χ2n) is 2.58. The molecule has 14 heavy (non-hydrogen) atoms. The summed E-state index contributed by atoms with van der Waals surface area (Å²) in [4.78, 5) is 14.2. The Hall–Kier alpha value is -0.990. The van der Waals surface area contributed by atoms with E-state index in [0.29, 0.717) is 11.4 Å². The number of carbonyl (C=O) groups excluding carboxylic acids is 1. The van der Waals surface area contributed by atoms with Gasteiger partial charge in [0, 0.05) is 12.8 Å². The normalized spacial score (nSPS) is 11.5. The maximum atomic E-state index is 10.8. The highest BCUT2D eigenvalue weighted by molar-refractivity contribution is 7.91. The van der Waals surface area contributed by atoms with E-state index in [1.54, 1.807) is 0 Å². The second kappa shape index (κ2) is 4.03. The molecule has 1 aromatic heterocycles. The van der Waals surface area contributed by atoms with Crippen LogP contribution < -0.4 is 10.9 Å². The summed E-state index contributed by atoms with van der Waals surface area (Å²) in [5.74, 6) is -0.447. The van der Waals surface area contributed by atoms with E-state index in [4.69, 9.17) is 10.9 Å². The van der Waals surface area contributed by atoms with Gasteiger partial charge in [-0.05, 0) is 0 Å². The molecular formula is C6H9N3O3S2. The molecule has 6 nitrogen and oxygen atoms in total. The van der Waals surface area contributed by atoms with Crippen molar-refractivity contribution < 1.29 is 13.2 Å². The molecule has 0 radical (unpaired) electrons. The summed E-state index contributed by atoms with van der Waals surface area (Å²) in [5, 5.41) is 5.41. The maximum Gasteiger partial charge on any atom is 0.249 e. The van der Waals surface area contributed by atoms with Crippen LogP contribution in [0.15, 0.2) is 10.4 Å². The number of rotatable bonds is 4. The van der Waals surface area contributed by atoms with E-state index < -0.39 is 15.9 Å². The van der Waals surface area contributed by atoms with Crippen molar-refractivity contribution in [3.63, 3.8) is 0 Å². The lowest BCUT2D eigenvalue weighted by Crippen LogP contribution is -2.11. The number of primary amides is 1. The van der Waals surface area contributed by atoms with E-state index in [0.717, 1.165) is 11.3 Å². The predicted octanol–water partition coefficient (Wildman–Crippen LogP) is -0.792. The molecule has 0 saturated heterocycles. The molecule has 1 amide bonds. The minimum absolute atomic E-state index is 0.00281. The van der Waals surface area contributed by atoms with E-state index in [1.807, 2.05) is 0 Å². The fourth-order valence-electron chi connectivity index (χ4n) is 0.771. The molecule has 0 atom stereocenters. The number of hydrogen-bond acceptors (Lipinski definition) is 5. The van der Waals surface area contributed by atoms with Gasteiger partial charge in [-0.25, -0.2) is 18.5 Å². The van der Waals surface area contributed by atoms with Crippen molar-refractivity contribution in [2.75, 3.05) is 0 Å². The summed E-state index contributed by atoms with van der Waals surface area (Å²) in [6.45, 7) is 0. The third kappa shape index (κ3) is 3.05. The van der Waals surface area contributed by atoms with Crippen LogP contribution in [0.5, 0.6) is 0 Å². The molecule has 1 heterocycles. The highest BCUT2D eigenvalue weighted by Gasteiger charge is 2.12. The van der Waals surface area contributed by atoms with Gasteiger partial charge < -0.3 is 5.73 Å². The highest BCUT2D eigenvalue weighted by Crippen LogP contribution is 2.17. The number of amides is 1. The van der Waals surface area contributed by atoms with Crippen LogP contribution in [0.3, 0.4) is 0 Å². The van der Waals surface area contributed by atoms with Crippen molar-refractivity contribution in [2.24, 2.45) is 10.9 Å². The predicted molar refractivity (Wildman–Crippen MR) is 51.0 cm³/mol. The van der Waals surface area contributed by atoms with Crippen molar-refractivity contribution >= 4 is 27.3 Å². The summed E-state index contributed by atoms with van der Waals surface area (Å²) in [5.41, 5.74) is 4.93. The average Bonchev–Trinajstić information content (AvgIpc) is 2.47. The van der Waals surface area contributed by atoms with Gasteiger partial charge in [0.2, 0.25) is 15.9 Å². The van der Waals surface area contributed by atoms with Crippen LogP contribution >= 0.6 is 11.3 Å². The summed E-state index contributed by atoms with van der Waals surface area (Å²) in [6.07, 6.45) is 1.67. The Labute approximate surface area is 85.0 Å². The molecule has 0 aliphatic heterocycles. The molecule has 0 aliphatic rings. The van der Waals surface area contributed by atoms with Crippen LogP contribution in [0.4, 0.5) is 0 Å². The number of hydrogen-bond donors (Lipinski definition) is 2. The van der Waals surface area contributed by atoms with Crippen LogP contribution in [0.2, 0.25) is 0 Å². The first kappa shape index (κ1) is 11.1. The molecule has 0 aliphatic carbocycles. The number of primary sulfonamides is 1. The van der Waals surface area contributed by atoms with Crippen LogP contribution in [0, 0.1) is 0 Å². The molecule has 78 valence electrons. The van der Waals surface area contributed by atoms with Gasteiger partial charge in [-0.3, -0.25) is 4.79 Å². The first-order valence-corrected chi connectivity index (χ1v) is 6.01. The molecule has 1 aromatic rings. The van der Waals surface area contributed by atoms with Crippen LogP contribution in [-0.4, -0.2) is 19.3 Å². The Balaban J connectivity index is 2.74. The monoisotopic (exact) mass is 235 g/mol. The van der Waals surface area contributed by atoms with Gasteiger partial charge in [0.15, 0.2) is 4.21 Å². The van der Waals surface area contributed by atoms with E-state index in [2.05, 4.69) is 4.98 Å². The number of carbonyl (C=O) groups is 1. The molecule has 1 rings (SSSR count). The topological polar surface area (TPSA) is 116 Å². The third-order valence-electron chi connectivity index (χ3n) is 1.40. The van der Waals surface area contributed by atoms with Crippen LogP contribution in [0.1, 0.15) is 11.4 Å². The SMILES string of the molecule is NC(=O)CCc1ncc(S(N)(=O)=O)s1. The Bertz CT molecular complexity index is 437. The van der Waals surface area contributed by atoms with Crippen LogP contribution in [-0.2, 0) is 21.2 Å². The smallest absolute Gasteiger partial charge is 0.249 e. The van der Waals surface area contributed by atoms with Gasteiger partial charge in [-0.2, -0.15) is 0 Å². The Morgan fingerprint density at radius 2 is 2.21 bits per heavy atom. The van der Waals surface area contributed by atoms with Gasteiger partial charge in [0.1, 0.15) is 0 Å². The second-order valence-corrected chi connectivity index (χ2v) is 5.49. The minimum atomic E-state index is -3.68. The van der Waals surface area contributed by atoms with Crippen molar-refractivity contribution in [2.45, 2.75) is 17.1 Å². The number of aromatic nitrogens is 1. The first-order chi connectivity index (χ1) is 6.39. The Morgan fingerprint density at radius 3 is 2.64 bits per heavy atom. The lowest BCUT2D eigenvalue weighted by molar-refractivity contribution is -0.117. The van der Waals surface area contributed by atoms with E-state index in [-0.39, 0.29) is 10.6 Å². The van der Waals surface area contributed by atoms with Crippen molar-refractivity contribution in [1.82, 2.24) is 4.98 Å². The number of thiazole rings is 1. The Kier molecular flexibility index (Phi) is 3.19. The summed E-state index contributed by atoms with van der Waals surface area (Å²) in [7, 11) is -3.68. The minimum Gasteiger partial charge on any atom is -0.370 e. The Morgan fingerprint density at radius 1 is 1.57 bits per heavy atom. The van der Waals surface area contributed by atoms with Gasteiger partial charge in [0.05, 0.1) is 11.2 Å². The molecule has 0 unspecified atom stereocenters. The highest BCUT2D eigenvalue weighted by atomic mass is 32.2. The van der Waals surface area contributed by atoms with Crippen molar-refractivity contribution in [1.29, 1.82) is 0 Å². The number of aryl methyl sites for hydroxylation is 1. The molecule has 0 fully saturated rings. The zero-order valence-electron chi connectivity index (χ0n) is 7.13. The summed E-state index contributed by atoms with van der Waals surface area (Å²) < 4.78 is 21.7. The lowest BCUT2D eigenvalue weighted by Gasteiger charge is -1.90. The lowest BCUT2D eigenvalue weighted by atomic mass is 10.3. The van der Waals surface area contributed by atoms with Gasteiger partial charge in [0.25, 0.3) is 0 Å².